The number of para-hydroxylation sites is 1. The third kappa shape index (κ3) is 2.01. The van der Waals surface area contributed by atoms with Gasteiger partial charge in [-0.3, -0.25) is 4.79 Å². The van der Waals surface area contributed by atoms with Gasteiger partial charge in [-0.1, -0.05) is 24.3 Å². The lowest BCUT2D eigenvalue weighted by molar-refractivity contribution is 0.0988. The predicted molar refractivity (Wildman–Crippen MR) is 73.0 cm³/mol. The van der Waals surface area contributed by atoms with Crippen LogP contribution in [0.5, 0.6) is 0 Å². The molecule has 2 nitrogen and oxygen atoms in total. The summed E-state index contributed by atoms with van der Waals surface area (Å²) in [5, 5.41) is 0. The first-order valence-corrected chi connectivity index (χ1v) is 6.33. The molecule has 0 bridgehead atoms. The molecule has 0 radical (unpaired) electrons. The summed E-state index contributed by atoms with van der Waals surface area (Å²) in [6, 6.07) is 12.2. The number of hydrogen-bond acceptors (Lipinski definition) is 1. The SMILES string of the molecule is Cc1ccc(F)cc1C(=O)N1CCc2ccccc21. The van der Waals surface area contributed by atoms with E-state index in [4.69, 9.17) is 0 Å². The van der Waals surface area contributed by atoms with Crippen molar-refractivity contribution < 1.29 is 9.18 Å². The normalized spacial score (nSPS) is 13.5. The van der Waals surface area contributed by atoms with E-state index in [9.17, 15) is 9.18 Å². The number of nitrogens with zero attached hydrogens (tertiary/aromatic N) is 1. The van der Waals surface area contributed by atoms with E-state index in [-0.39, 0.29) is 11.7 Å². The van der Waals surface area contributed by atoms with Crippen molar-refractivity contribution in [3.63, 3.8) is 0 Å². The molecule has 0 spiro atoms. The van der Waals surface area contributed by atoms with Gasteiger partial charge < -0.3 is 4.90 Å². The molecule has 1 aliphatic heterocycles. The van der Waals surface area contributed by atoms with Crippen molar-refractivity contribution in [2.45, 2.75) is 13.3 Å². The van der Waals surface area contributed by atoms with Crippen LogP contribution in [0, 0.1) is 12.7 Å². The Kier molecular flexibility index (Phi) is 2.82. The summed E-state index contributed by atoms with van der Waals surface area (Å²) in [4.78, 5) is 14.3. The van der Waals surface area contributed by atoms with Crippen molar-refractivity contribution in [2.75, 3.05) is 11.4 Å². The average molecular weight is 255 g/mol. The number of hydrogen-bond donors (Lipinski definition) is 0. The molecule has 1 aliphatic rings. The van der Waals surface area contributed by atoms with Crippen molar-refractivity contribution in [3.8, 4) is 0 Å². The molecule has 0 saturated carbocycles. The van der Waals surface area contributed by atoms with Gasteiger partial charge in [0, 0.05) is 17.8 Å². The highest BCUT2D eigenvalue weighted by Gasteiger charge is 2.26. The molecule has 1 amide bonds. The van der Waals surface area contributed by atoms with E-state index < -0.39 is 0 Å². The minimum Gasteiger partial charge on any atom is -0.308 e. The molecule has 0 saturated heterocycles. The fourth-order valence-electron chi connectivity index (χ4n) is 2.52. The molecule has 0 atom stereocenters. The number of carbonyl (C=O) groups excluding carboxylic acids is 1. The third-order valence-electron chi connectivity index (χ3n) is 3.56. The summed E-state index contributed by atoms with van der Waals surface area (Å²) in [6.07, 6.45) is 0.857. The van der Waals surface area contributed by atoms with Gasteiger partial charge in [-0.25, -0.2) is 4.39 Å². The van der Waals surface area contributed by atoms with Crippen LogP contribution in [-0.4, -0.2) is 12.5 Å². The summed E-state index contributed by atoms with van der Waals surface area (Å²) < 4.78 is 13.3. The molecular weight excluding hydrogens is 241 g/mol. The Labute approximate surface area is 111 Å². The van der Waals surface area contributed by atoms with Crippen LogP contribution in [0.2, 0.25) is 0 Å². The van der Waals surface area contributed by atoms with Crippen LogP contribution in [0.25, 0.3) is 0 Å². The Morgan fingerprint density at radius 2 is 2.00 bits per heavy atom. The summed E-state index contributed by atoms with van der Waals surface area (Å²) in [5.41, 5.74) is 3.36. The molecule has 0 fully saturated rings. The van der Waals surface area contributed by atoms with Crippen LogP contribution in [-0.2, 0) is 6.42 Å². The maximum absolute atomic E-state index is 13.3. The first kappa shape index (κ1) is 11.9. The minimum atomic E-state index is -0.374. The van der Waals surface area contributed by atoms with Gasteiger partial charge in [-0.15, -0.1) is 0 Å². The van der Waals surface area contributed by atoms with Crippen molar-refractivity contribution in [1.29, 1.82) is 0 Å². The molecule has 2 aromatic rings. The highest BCUT2D eigenvalue weighted by Crippen LogP contribution is 2.29. The number of rotatable bonds is 1. The Bertz CT molecular complexity index is 651. The van der Waals surface area contributed by atoms with Crippen molar-refractivity contribution in [1.82, 2.24) is 0 Å². The Balaban J connectivity index is 2.00. The average Bonchev–Trinajstić information content (AvgIpc) is 2.84. The molecule has 0 N–H and O–H groups in total. The van der Waals surface area contributed by atoms with Gasteiger partial charge in [0.1, 0.15) is 5.82 Å². The van der Waals surface area contributed by atoms with E-state index >= 15 is 0 Å². The van der Waals surface area contributed by atoms with E-state index in [1.54, 1.807) is 11.0 Å². The van der Waals surface area contributed by atoms with Gasteiger partial charge in [0.25, 0.3) is 5.91 Å². The topological polar surface area (TPSA) is 20.3 Å². The van der Waals surface area contributed by atoms with Gasteiger partial charge in [0.15, 0.2) is 0 Å². The minimum absolute atomic E-state index is 0.123. The molecular formula is C16H14FNO. The first-order chi connectivity index (χ1) is 9.16. The standard InChI is InChI=1S/C16H14FNO/c1-11-6-7-13(17)10-14(11)16(19)18-9-8-12-4-2-3-5-15(12)18/h2-7,10H,8-9H2,1H3. The van der Waals surface area contributed by atoms with Crippen LogP contribution < -0.4 is 4.90 Å². The Morgan fingerprint density at radius 1 is 1.21 bits per heavy atom. The molecule has 0 aliphatic carbocycles. The maximum atomic E-state index is 13.3. The fourth-order valence-corrected chi connectivity index (χ4v) is 2.52. The van der Waals surface area contributed by atoms with Crippen molar-refractivity contribution >= 4 is 11.6 Å². The molecule has 0 aromatic heterocycles. The number of benzene rings is 2. The van der Waals surface area contributed by atoms with Crippen LogP contribution in [0.1, 0.15) is 21.5 Å². The highest BCUT2D eigenvalue weighted by molar-refractivity contribution is 6.08. The van der Waals surface area contributed by atoms with E-state index in [2.05, 4.69) is 0 Å². The molecule has 0 unspecified atom stereocenters. The number of halogens is 1. The summed E-state index contributed by atoms with van der Waals surface area (Å²) >= 11 is 0. The number of fused-ring (bicyclic) bond motifs is 1. The number of aryl methyl sites for hydroxylation is 1. The Morgan fingerprint density at radius 3 is 2.84 bits per heavy atom. The molecule has 96 valence electrons. The monoisotopic (exact) mass is 255 g/mol. The maximum Gasteiger partial charge on any atom is 0.258 e. The van der Waals surface area contributed by atoms with Gasteiger partial charge in [-0.05, 0) is 42.7 Å². The van der Waals surface area contributed by atoms with E-state index in [0.29, 0.717) is 12.1 Å². The second kappa shape index (κ2) is 4.50. The number of carbonyl (C=O) groups is 1. The lowest BCUT2D eigenvalue weighted by Crippen LogP contribution is -2.29. The predicted octanol–water partition coefficient (Wildman–Crippen LogP) is 3.34. The first-order valence-electron chi connectivity index (χ1n) is 6.33. The van der Waals surface area contributed by atoms with Crippen LogP contribution >= 0.6 is 0 Å². The quantitative estimate of drug-likeness (QED) is 0.765. The van der Waals surface area contributed by atoms with E-state index in [1.165, 1.54) is 17.7 Å². The Hall–Kier alpha value is -2.16. The lowest BCUT2D eigenvalue weighted by Gasteiger charge is -2.18. The second-order valence-electron chi connectivity index (χ2n) is 4.79. The molecule has 19 heavy (non-hydrogen) atoms. The third-order valence-corrected chi connectivity index (χ3v) is 3.56. The van der Waals surface area contributed by atoms with Crippen molar-refractivity contribution in [3.05, 3.63) is 65.0 Å². The lowest BCUT2D eigenvalue weighted by atomic mass is 10.1. The molecule has 1 heterocycles. The second-order valence-corrected chi connectivity index (χ2v) is 4.79. The van der Waals surface area contributed by atoms with Gasteiger partial charge in [0.2, 0.25) is 0 Å². The molecule has 3 rings (SSSR count). The van der Waals surface area contributed by atoms with E-state index in [0.717, 1.165) is 17.7 Å². The van der Waals surface area contributed by atoms with Gasteiger partial charge in [-0.2, -0.15) is 0 Å². The fraction of sp³-hybridized carbons (Fsp3) is 0.188. The highest BCUT2D eigenvalue weighted by atomic mass is 19.1. The molecule has 3 heteroatoms. The number of amides is 1. The van der Waals surface area contributed by atoms with Crippen LogP contribution in [0.15, 0.2) is 42.5 Å². The molecule has 2 aromatic carbocycles. The largest absolute Gasteiger partial charge is 0.308 e. The van der Waals surface area contributed by atoms with Crippen LogP contribution in [0.4, 0.5) is 10.1 Å². The summed E-state index contributed by atoms with van der Waals surface area (Å²) in [7, 11) is 0. The zero-order chi connectivity index (χ0) is 13.4. The van der Waals surface area contributed by atoms with Gasteiger partial charge >= 0.3 is 0 Å². The zero-order valence-corrected chi connectivity index (χ0v) is 10.7. The van der Waals surface area contributed by atoms with Crippen molar-refractivity contribution in [2.24, 2.45) is 0 Å². The van der Waals surface area contributed by atoms with Crippen LogP contribution in [0.3, 0.4) is 0 Å². The van der Waals surface area contributed by atoms with Gasteiger partial charge in [0.05, 0.1) is 0 Å². The zero-order valence-electron chi connectivity index (χ0n) is 10.7. The number of anilines is 1. The smallest absolute Gasteiger partial charge is 0.258 e. The van der Waals surface area contributed by atoms with E-state index in [1.807, 2.05) is 31.2 Å². The summed E-state index contributed by atoms with van der Waals surface area (Å²) in [6.45, 7) is 2.49. The summed E-state index contributed by atoms with van der Waals surface area (Å²) in [5.74, 6) is -0.497.